The Hall–Kier alpha value is -2.80. The Kier molecular flexibility index (Phi) is 6.71. The third-order valence-electron chi connectivity index (χ3n) is 4.53. The minimum absolute atomic E-state index is 0.162. The number of carbonyl (C=O) groups excluding carboxylic acids is 2. The molecule has 2 N–H and O–H groups in total. The van der Waals surface area contributed by atoms with Gasteiger partial charge in [-0.1, -0.05) is 18.2 Å². The number of rotatable bonds is 7. The number of nitrogens with one attached hydrogen (secondary N) is 2. The predicted octanol–water partition coefficient (Wildman–Crippen LogP) is 3.33. The van der Waals surface area contributed by atoms with Gasteiger partial charge in [0.15, 0.2) is 11.6 Å². The maximum Gasteiger partial charge on any atom is 0.253 e. The molecule has 5 nitrogen and oxygen atoms in total. The predicted molar refractivity (Wildman–Crippen MR) is 101 cm³/mol. The van der Waals surface area contributed by atoms with Gasteiger partial charge in [0, 0.05) is 25.3 Å². The fourth-order valence-corrected chi connectivity index (χ4v) is 3.01. The zero-order valence-electron chi connectivity index (χ0n) is 15.3. The molecule has 0 saturated carbocycles. The second-order valence-corrected chi connectivity index (χ2v) is 6.72. The van der Waals surface area contributed by atoms with E-state index in [2.05, 4.69) is 10.6 Å². The maximum absolute atomic E-state index is 13.2. The van der Waals surface area contributed by atoms with Crippen molar-refractivity contribution in [3.8, 4) is 0 Å². The van der Waals surface area contributed by atoms with Crippen LogP contribution in [-0.2, 0) is 27.3 Å². The number of carbonyl (C=O) groups is 2. The maximum atomic E-state index is 13.2. The molecule has 2 amide bonds. The molecule has 3 rings (SSSR count). The summed E-state index contributed by atoms with van der Waals surface area (Å²) < 4.78 is 31.5. The lowest BCUT2D eigenvalue weighted by molar-refractivity contribution is -0.124. The second-order valence-electron chi connectivity index (χ2n) is 6.72. The minimum atomic E-state index is -0.917. The molecule has 1 saturated heterocycles. The van der Waals surface area contributed by atoms with E-state index < -0.39 is 17.7 Å². The highest BCUT2D eigenvalue weighted by Gasteiger charge is 2.23. The topological polar surface area (TPSA) is 67.4 Å². The Labute approximate surface area is 162 Å². The fraction of sp³-hybridized carbons (Fsp3) is 0.333. The van der Waals surface area contributed by atoms with Crippen LogP contribution in [0.5, 0.6) is 0 Å². The molecule has 0 aliphatic carbocycles. The van der Waals surface area contributed by atoms with Crippen molar-refractivity contribution in [2.24, 2.45) is 0 Å². The highest BCUT2D eigenvalue weighted by molar-refractivity contribution is 5.94. The van der Waals surface area contributed by atoms with Crippen LogP contribution in [0.15, 0.2) is 42.5 Å². The molecule has 0 radical (unpaired) electrons. The molecule has 2 aromatic carbocycles. The summed E-state index contributed by atoms with van der Waals surface area (Å²) in [6.07, 6.45) is 1.69. The van der Waals surface area contributed by atoms with E-state index in [1.165, 1.54) is 6.07 Å². The minimum Gasteiger partial charge on any atom is -0.368 e. The number of benzene rings is 2. The van der Waals surface area contributed by atoms with Gasteiger partial charge in [-0.25, -0.2) is 8.78 Å². The van der Waals surface area contributed by atoms with Crippen molar-refractivity contribution in [2.45, 2.75) is 38.3 Å². The summed E-state index contributed by atoms with van der Waals surface area (Å²) in [5.74, 6) is -2.18. The van der Waals surface area contributed by atoms with Crippen molar-refractivity contribution in [2.75, 3.05) is 11.9 Å². The van der Waals surface area contributed by atoms with Gasteiger partial charge < -0.3 is 15.4 Å². The average molecular weight is 388 g/mol. The summed E-state index contributed by atoms with van der Waals surface area (Å²) in [5.41, 5.74) is 2.05. The normalized spacial score (nSPS) is 16.0. The molecule has 1 heterocycles. The van der Waals surface area contributed by atoms with Gasteiger partial charge in [0.05, 0.1) is 0 Å². The molecule has 0 aromatic heterocycles. The molecule has 1 unspecified atom stereocenters. The number of hydrogen-bond acceptors (Lipinski definition) is 3. The Bertz CT molecular complexity index is 851. The number of amides is 2. The zero-order chi connectivity index (χ0) is 19.9. The van der Waals surface area contributed by atoms with E-state index in [0.717, 1.165) is 30.5 Å². The van der Waals surface area contributed by atoms with Crippen LogP contribution in [0.4, 0.5) is 14.5 Å². The van der Waals surface area contributed by atoms with Crippen molar-refractivity contribution < 1.29 is 23.1 Å². The molecule has 148 valence electrons. The van der Waals surface area contributed by atoms with Crippen LogP contribution in [0.2, 0.25) is 0 Å². The molecule has 2 aromatic rings. The lowest BCUT2D eigenvalue weighted by Crippen LogP contribution is -2.27. The summed E-state index contributed by atoms with van der Waals surface area (Å²) in [4.78, 5) is 24.1. The van der Waals surface area contributed by atoms with E-state index >= 15 is 0 Å². The molecule has 1 atom stereocenters. The first-order chi connectivity index (χ1) is 13.5. The van der Waals surface area contributed by atoms with Crippen molar-refractivity contribution in [1.82, 2.24) is 5.32 Å². The summed E-state index contributed by atoms with van der Waals surface area (Å²) in [6.45, 7) is 0.912. The molecule has 0 bridgehead atoms. The van der Waals surface area contributed by atoms with Crippen LogP contribution in [0, 0.1) is 11.6 Å². The monoisotopic (exact) mass is 388 g/mol. The molecule has 1 aliphatic heterocycles. The molecule has 28 heavy (non-hydrogen) atoms. The van der Waals surface area contributed by atoms with Gasteiger partial charge >= 0.3 is 0 Å². The van der Waals surface area contributed by atoms with Crippen molar-refractivity contribution in [3.63, 3.8) is 0 Å². The van der Waals surface area contributed by atoms with Gasteiger partial charge in [-0.2, -0.15) is 0 Å². The van der Waals surface area contributed by atoms with E-state index in [-0.39, 0.29) is 18.2 Å². The Balaban J connectivity index is 1.46. The number of ether oxygens (including phenoxy) is 1. The highest BCUT2D eigenvalue weighted by Crippen LogP contribution is 2.16. The van der Waals surface area contributed by atoms with Gasteiger partial charge in [-0.3, -0.25) is 9.59 Å². The van der Waals surface area contributed by atoms with Gasteiger partial charge in [0.1, 0.15) is 6.10 Å². The summed E-state index contributed by atoms with van der Waals surface area (Å²) in [5, 5.41) is 5.61. The van der Waals surface area contributed by atoms with Crippen LogP contribution in [-0.4, -0.2) is 24.5 Å². The van der Waals surface area contributed by atoms with E-state index in [9.17, 15) is 18.4 Å². The third-order valence-corrected chi connectivity index (χ3v) is 4.53. The standard InChI is InChI=1S/C21H22F2N2O3/c22-17-8-6-14(12-18(17)23)7-9-20(26)24-13-15-3-1-4-16(11-15)25-21(27)19-5-2-10-28-19/h1,3-4,6,8,11-12,19H,2,5,7,9-10,13H2,(H,24,26)(H,25,27). The fourth-order valence-electron chi connectivity index (χ4n) is 3.01. The number of aryl methyl sites for hydroxylation is 1. The first-order valence-corrected chi connectivity index (χ1v) is 9.23. The zero-order valence-corrected chi connectivity index (χ0v) is 15.3. The van der Waals surface area contributed by atoms with Crippen molar-refractivity contribution in [3.05, 3.63) is 65.2 Å². The SMILES string of the molecule is O=C(CCc1ccc(F)c(F)c1)NCc1cccc(NC(=O)C2CCCO2)c1. The molecule has 0 spiro atoms. The van der Waals surface area contributed by atoms with Gasteiger partial charge in [-0.05, 0) is 54.7 Å². The molecular formula is C21H22F2N2O3. The first kappa shape index (κ1) is 19.9. The van der Waals surface area contributed by atoms with E-state index in [0.29, 0.717) is 30.8 Å². The van der Waals surface area contributed by atoms with Crippen LogP contribution in [0.1, 0.15) is 30.4 Å². The first-order valence-electron chi connectivity index (χ1n) is 9.23. The second kappa shape index (κ2) is 9.41. The van der Waals surface area contributed by atoms with E-state index in [1.54, 1.807) is 18.2 Å². The summed E-state index contributed by atoms with van der Waals surface area (Å²) in [6, 6.07) is 10.8. The molecular weight excluding hydrogens is 366 g/mol. The molecule has 1 fully saturated rings. The quantitative estimate of drug-likeness (QED) is 0.765. The van der Waals surface area contributed by atoms with Crippen LogP contribution >= 0.6 is 0 Å². The Morgan fingerprint density at radius 3 is 2.68 bits per heavy atom. The smallest absolute Gasteiger partial charge is 0.253 e. The highest BCUT2D eigenvalue weighted by atomic mass is 19.2. The largest absolute Gasteiger partial charge is 0.368 e. The van der Waals surface area contributed by atoms with Crippen LogP contribution in [0.25, 0.3) is 0 Å². The van der Waals surface area contributed by atoms with Gasteiger partial charge in [0.2, 0.25) is 5.91 Å². The summed E-state index contributed by atoms with van der Waals surface area (Å²) >= 11 is 0. The van der Waals surface area contributed by atoms with Crippen LogP contribution < -0.4 is 10.6 Å². The van der Waals surface area contributed by atoms with Crippen LogP contribution in [0.3, 0.4) is 0 Å². The van der Waals surface area contributed by atoms with Crippen molar-refractivity contribution >= 4 is 17.5 Å². The number of hydrogen-bond donors (Lipinski definition) is 2. The molecule has 1 aliphatic rings. The van der Waals surface area contributed by atoms with E-state index in [4.69, 9.17) is 4.74 Å². The lowest BCUT2D eigenvalue weighted by atomic mass is 10.1. The Morgan fingerprint density at radius 2 is 1.93 bits per heavy atom. The summed E-state index contributed by atoms with van der Waals surface area (Å²) in [7, 11) is 0. The van der Waals surface area contributed by atoms with Gasteiger partial charge in [0.25, 0.3) is 5.91 Å². The van der Waals surface area contributed by atoms with Gasteiger partial charge in [-0.15, -0.1) is 0 Å². The lowest BCUT2D eigenvalue weighted by Gasteiger charge is -2.12. The van der Waals surface area contributed by atoms with E-state index in [1.807, 2.05) is 6.07 Å². The number of anilines is 1. The number of halogens is 2. The Morgan fingerprint density at radius 1 is 1.07 bits per heavy atom. The average Bonchev–Trinajstić information content (AvgIpc) is 3.22. The third kappa shape index (κ3) is 5.60. The van der Waals surface area contributed by atoms with Crippen molar-refractivity contribution in [1.29, 1.82) is 0 Å². The molecule has 7 heteroatoms.